The zero-order valence-electron chi connectivity index (χ0n) is 17.4. The first-order valence-corrected chi connectivity index (χ1v) is 10.5. The molecule has 7 nitrogen and oxygen atoms in total. The average Bonchev–Trinajstić information content (AvgIpc) is 2.75. The summed E-state index contributed by atoms with van der Waals surface area (Å²) in [6.45, 7) is 3.85. The molecule has 7 heteroatoms. The van der Waals surface area contributed by atoms with Gasteiger partial charge in [0, 0.05) is 11.6 Å². The highest BCUT2D eigenvalue weighted by atomic mass is 16.5. The molecule has 1 aromatic carbocycles. The molecule has 0 aliphatic heterocycles. The van der Waals surface area contributed by atoms with Crippen molar-refractivity contribution in [1.29, 1.82) is 0 Å². The Morgan fingerprint density at radius 3 is 2.47 bits per heavy atom. The van der Waals surface area contributed by atoms with E-state index >= 15 is 0 Å². The zero-order valence-corrected chi connectivity index (χ0v) is 17.4. The molecule has 1 fully saturated rings. The van der Waals surface area contributed by atoms with Gasteiger partial charge in [0.05, 0.1) is 23.0 Å². The molecule has 1 aliphatic carbocycles. The van der Waals surface area contributed by atoms with Crippen LogP contribution in [0.25, 0.3) is 22.5 Å². The van der Waals surface area contributed by atoms with Crippen molar-refractivity contribution in [2.24, 2.45) is 0 Å². The minimum Gasteiger partial charge on any atom is -0.474 e. The lowest BCUT2D eigenvalue weighted by Gasteiger charge is -2.24. The number of rotatable bonds is 5. The van der Waals surface area contributed by atoms with E-state index in [1.807, 2.05) is 44.2 Å². The van der Waals surface area contributed by atoms with Crippen LogP contribution in [0.5, 0.6) is 5.88 Å². The van der Waals surface area contributed by atoms with E-state index in [9.17, 15) is 4.79 Å². The van der Waals surface area contributed by atoms with Crippen LogP contribution in [-0.4, -0.2) is 25.9 Å². The fraction of sp³-hybridized carbons (Fsp3) is 0.391. The average molecular weight is 406 g/mol. The van der Waals surface area contributed by atoms with Gasteiger partial charge in [0.1, 0.15) is 6.10 Å². The van der Waals surface area contributed by atoms with Crippen LogP contribution in [-0.2, 0) is 0 Å². The summed E-state index contributed by atoms with van der Waals surface area (Å²) < 4.78 is 7.82. The summed E-state index contributed by atoms with van der Waals surface area (Å²) in [5.41, 5.74) is 8.71. The van der Waals surface area contributed by atoms with Gasteiger partial charge in [-0.1, -0.05) is 36.8 Å². The van der Waals surface area contributed by atoms with Gasteiger partial charge in [-0.2, -0.15) is 10.1 Å². The molecule has 0 atom stereocenters. The number of benzene rings is 1. The van der Waals surface area contributed by atoms with Crippen LogP contribution < -0.4 is 16.0 Å². The standard InChI is InChI=1S/C23H27N5O2/c1-15(2)28-19(29)14-13-18(27-28)20-21(16-9-5-3-6-10-16)25-23(24)26-22(20)30-17-11-7-4-8-12-17/h3,5-6,9-10,13-15,17H,4,7-8,11-12H2,1-2H3,(H2,24,25,26). The molecular weight excluding hydrogens is 378 g/mol. The first kappa shape index (κ1) is 20.1. The molecule has 0 bridgehead atoms. The monoisotopic (exact) mass is 405 g/mol. The summed E-state index contributed by atoms with van der Waals surface area (Å²) in [5, 5.41) is 4.61. The van der Waals surface area contributed by atoms with Crippen molar-refractivity contribution in [1.82, 2.24) is 19.7 Å². The summed E-state index contributed by atoms with van der Waals surface area (Å²) in [6.07, 6.45) is 5.58. The summed E-state index contributed by atoms with van der Waals surface area (Å²) in [4.78, 5) is 21.2. The molecule has 0 radical (unpaired) electrons. The molecule has 1 aliphatic rings. The van der Waals surface area contributed by atoms with Crippen LogP contribution in [0.2, 0.25) is 0 Å². The Kier molecular flexibility index (Phi) is 5.79. The third-order valence-corrected chi connectivity index (χ3v) is 5.34. The van der Waals surface area contributed by atoms with Crippen molar-refractivity contribution in [3.8, 4) is 28.4 Å². The van der Waals surface area contributed by atoms with Crippen LogP contribution in [0.15, 0.2) is 47.3 Å². The highest BCUT2D eigenvalue weighted by Gasteiger charge is 2.24. The van der Waals surface area contributed by atoms with Crippen LogP contribution in [0.4, 0.5) is 5.95 Å². The number of nitrogens with zero attached hydrogens (tertiary/aromatic N) is 4. The van der Waals surface area contributed by atoms with Gasteiger partial charge in [-0.25, -0.2) is 9.67 Å². The molecule has 4 rings (SSSR count). The van der Waals surface area contributed by atoms with E-state index in [2.05, 4.69) is 15.1 Å². The van der Waals surface area contributed by atoms with Gasteiger partial charge in [-0.3, -0.25) is 4.79 Å². The smallest absolute Gasteiger partial charge is 0.267 e. The predicted molar refractivity (Wildman–Crippen MR) is 117 cm³/mol. The van der Waals surface area contributed by atoms with Crippen LogP contribution in [0.1, 0.15) is 52.0 Å². The SMILES string of the molecule is CC(C)n1nc(-c2c(OC3CCCCC3)nc(N)nc2-c2ccccc2)ccc1=O. The molecule has 0 spiro atoms. The second-order valence-corrected chi connectivity index (χ2v) is 7.95. The van der Waals surface area contributed by atoms with Gasteiger partial charge in [-0.05, 0) is 45.6 Å². The van der Waals surface area contributed by atoms with Crippen LogP contribution >= 0.6 is 0 Å². The maximum Gasteiger partial charge on any atom is 0.267 e. The summed E-state index contributed by atoms with van der Waals surface area (Å²) in [7, 11) is 0. The summed E-state index contributed by atoms with van der Waals surface area (Å²) in [5.74, 6) is 0.579. The Labute approximate surface area is 175 Å². The molecule has 2 N–H and O–H groups in total. The highest BCUT2D eigenvalue weighted by Crippen LogP contribution is 2.38. The van der Waals surface area contributed by atoms with Crippen molar-refractivity contribution in [2.75, 3.05) is 5.73 Å². The quantitative estimate of drug-likeness (QED) is 0.682. The fourth-order valence-electron chi connectivity index (χ4n) is 3.85. The van der Waals surface area contributed by atoms with E-state index in [1.54, 1.807) is 6.07 Å². The van der Waals surface area contributed by atoms with Gasteiger partial charge in [-0.15, -0.1) is 0 Å². The predicted octanol–water partition coefficient (Wildman–Crippen LogP) is 4.24. The molecule has 2 aromatic heterocycles. The number of nitrogens with two attached hydrogens (primary N) is 1. The Morgan fingerprint density at radius 1 is 1.03 bits per heavy atom. The first-order chi connectivity index (χ1) is 14.5. The van der Waals surface area contributed by atoms with E-state index in [1.165, 1.54) is 17.2 Å². The van der Waals surface area contributed by atoms with Crippen molar-refractivity contribution in [2.45, 2.75) is 58.1 Å². The Hall–Kier alpha value is -3.22. The maximum atomic E-state index is 12.3. The highest BCUT2D eigenvalue weighted by molar-refractivity contribution is 5.83. The molecule has 3 aromatic rings. The minimum absolute atomic E-state index is 0.0740. The van der Waals surface area contributed by atoms with Gasteiger partial charge in [0.2, 0.25) is 11.8 Å². The molecular formula is C23H27N5O2. The van der Waals surface area contributed by atoms with E-state index < -0.39 is 0 Å². The molecule has 0 saturated heterocycles. The number of anilines is 1. The van der Waals surface area contributed by atoms with E-state index in [0.29, 0.717) is 22.8 Å². The molecule has 0 unspecified atom stereocenters. The maximum absolute atomic E-state index is 12.3. The summed E-state index contributed by atoms with van der Waals surface area (Å²) in [6, 6.07) is 12.9. The topological polar surface area (TPSA) is 95.9 Å². The Balaban J connectivity index is 1.91. The van der Waals surface area contributed by atoms with E-state index in [-0.39, 0.29) is 23.7 Å². The van der Waals surface area contributed by atoms with Crippen molar-refractivity contribution >= 4 is 5.95 Å². The van der Waals surface area contributed by atoms with Crippen LogP contribution in [0, 0.1) is 0 Å². The van der Waals surface area contributed by atoms with Gasteiger partial charge in [0.25, 0.3) is 5.56 Å². The number of hydrogen-bond donors (Lipinski definition) is 1. The fourth-order valence-corrected chi connectivity index (χ4v) is 3.85. The molecule has 1 saturated carbocycles. The summed E-state index contributed by atoms with van der Waals surface area (Å²) >= 11 is 0. The molecule has 0 amide bonds. The third-order valence-electron chi connectivity index (χ3n) is 5.34. The van der Waals surface area contributed by atoms with Gasteiger partial charge in [0.15, 0.2) is 0 Å². The molecule has 156 valence electrons. The first-order valence-electron chi connectivity index (χ1n) is 10.5. The number of ether oxygens (including phenoxy) is 1. The van der Waals surface area contributed by atoms with Gasteiger partial charge < -0.3 is 10.5 Å². The number of hydrogen-bond acceptors (Lipinski definition) is 6. The zero-order chi connectivity index (χ0) is 21.1. The lowest BCUT2D eigenvalue weighted by molar-refractivity contribution is 0.149. The van der Waals surface area contributed by atoms with Crippen LogP contribution in [0.3, 0.4) is 0 Å². The lowest BCUT2D eigenvalue weighted by Crippen LogP contribution is -2.24. The second kappa shape index (κ2) is 8.65. The molecule has 30 heavy (non-hydrogen) atoms. The Bertz CT molecular complexity index is 1070. The lowest BCUT2D eigenvalue weighted by atomic mass is 9.97. The minimum atomic E-state index is -0.152. The van der Waals surface area contributed by atoms with Crippen molar-refractivity contribution < 1.29 is 4.74 Å². The van der Waals surface area contributed by atoms with Gasteiger partial charge >= 0.3 is 0 Å². The molecule has 2 heterocycles. The largest absolute Gasteiger partial charge is 0.474 e. The Morgan fingerprint density at radius 2 is 1.77 bits per heavy atom. The van der Waals surface area contributed by atoms with Crippen molar-refractivity contribution in [3.63, 3.8) is 0 Å². The third kappa shape index (κ3) is 4.20. The normalized spacial score (nSPS) is 14.8. The second-order valence-electron chi connectivity index (χ2n) is 7.95. The number of nitrogen functional groups attached to an aromatic ring is 1. The van der Waals surface area contributed by atoms with Crippen molar-refractivity contribution in [3.05, 3.63) is 52.8 Å². The number of aromatic nitrogens is 4. The van der Waals surface area contributed by atoms with E-state index in [0.717, 1.165) is 31.2 Å². The van der Waals surface area contributed by atoms with E-state index in [4.69, 9.17) is 10.5 Å².